The number of benzene rings is 2. The van der Waals surface area contributed by atoms with E-state index < -0.39 is 23.2 Å². The zero-order valence-electron chi connectivity index (χ0n) is 12.5. The molecule has 0 aliphatic carbocycles. The zero-order chi connectivity index (χ0) is 18.0. The summed E-state index contributed by atoms with van der Waals surface area (Å²) in [5.74, 6) is -3.33. The highest BCUT2D eigenvalue weighted by Crippen LogP contribution is 2.14. The topological polar surface area (TPSA) is 64.0 Å². The lowest BCUT2D eigenvalue weighted by Crippen LogP contribution is -2.16. The van der Waals surface area contributed by atoms with Gasteiger partial charge in [0, 0.05) is 5.56 Å². The Morgan fingerprint density at radius 3 is 2.48 bits per heavy atom. The molecule has 0 radical (unpaired) electrons. The van der Waals surface area contributed by atoms with Gasteiger partial charge in [-0.2, -0.15) is 4.98 Å². The third-order valence-corrected chi connectivity index (χ3v) is 4.12. The number of rotatable bonds is 4. The molecule has 3 aromatic rings. The number of aromatic nitrogens is 2. The van der Waals surface area contributed by atoms with Crippen LogP contribution in [0.2, 0.25) is 0 Å². The van der Waals surface area contributed by atoms with Gasteiger partial charge in [0.25, 0.3) is 5.91 Å². The molecule has 1 heterocycles. The summed E-state index contributed by atoms with van der Waals surface area (Å²) >= 11 is 0.888. The highest BCUT2D eigenvalue weighted by molar-refractivity contribution is 7.10. The smallest absolute Gasteiger partial charge is 0.297 e. The van der Waals surface area contributed by atoms with E-state index in [0.717, 1.165) is 29.7 Å². The maximum absolute atomic E-state index is 13.2. The summed E-state index contributed by atoms with van der Waals surface area (Å²) in [7, 11) is 0. The fourth-order valence-electron chi connectivity index (χ4n) is 2.02. The first kappa shape index (κ1) is 16.9. The largest absolute Gasteiger partial charge is 0.360 e. The summed E-state index contributed by atoms with van der Waals surface area (Å²) in [6, 6.07) is 8.30. The molecular weight excluding hydrogens is 355 g/mol. The molecule has 25 heavy (non-hydrogen) atoms. The van der Waals surface area contributed by atoms with Crippen molar-refractivity contribution >= 4 is 22.6 Å². The number of amides is 1. The molecule has 2 aromatic carbocycles. The molecule has 128 valence electrons. The molecule has 0 saturated carbocycles. The third-order valence-electron chi connectivity index (χ3n) is 3.25. The van der Waals surface area contributed by atoms with E-state index in [4.69, 9.17) is 0 Å². The molecule has 0 saturated heterocycles. The number of hydrogen-bond acceptors (Lipinski definition) is 4. The molecule has 0 unspecified atom stereocenters. The van der Waals surface area contributed by atoms with Gasteiger partial charge in [0.2, 0.25) is 5.13 Å². The molecule has 0 aliphatic heterocycles. The number of nitrogens with zero attached hydrogens (tertiary/aromatic N) is 2. The Morgan fingerprint density at radius 1 is 1.08 bits per heavy atom. The Morgan fingerprint density at radius 2 is 1.80 bits per heavy atom. The van der Waals surface area contributed by atoms with Gasteiger partial charge in [-0.25, -0.2) is 21.9 Å². The summed E-state index contributed by atoms with van der Waals surface area (Å²) < 4.78 is 40.2. The quantitative estimate of drug-likeness (QED) is 0.773. The Balaban J connectivity index is 1.75. The molecule has 0 atom stereocenters. The Hall–Kier alpha value is -2.94. The van der Waals surface area contributed by atoms with Gasteiger partial charge < -0.3 is 0 Å². The second kappa shape index (κ2) is 6.89. The molecule has 0 spiro atoms. The van der Waals surface area contributed by atoms with E-state index in [1.54, 1.807) is 0 Å². The summed E-state index contributed by atoms with van der Waals surface area (Å²) in [5.41, 5.74) is -0.00724. The second-order valence-electron chi connectivity index (χ2n) is 5.04. The van der Waals surface area contributed by atoms with Crippen LogP contribution in [0.25, 0.3) is 0 Å². The van der Waals surface area contributed by atoms with E-state index in [-0.39, 0.29) is 23.1 Å². The van der Waals surface area contributed by atoms with Gasteiger partial charge in [0.15, 0.2) is 11.6 Å². The van der Waals surface area contributed by atoms with Crippen LogP contribution in [-0.2, 0) is 6.54 Å². The van der Waals surface area contributed by atoms with Crippen LogP contribution in [0.5, 0.6) is 0 Å². The van der Waals surface area contributed by atoms with Crippen molar-refractivity contribution in [3.63, 3.8) is 0 Å². The minimum atomic E-state index is -1.15. The fourth-order valence-corrected chi connectivity index (χ4v) is 2.82. The predicted octanol–water partition coefficient (Wildman–Crippen LogP) is 3.02. The lowest BCUT2D eigenvalue weighted by molar-refractivity contribution is 0.102. The van der Waals surface area contributed by atoms with Crippen LogP contribution in [0.1, 0.15) is 15.9 Å². The van der Waals surface area contributed by atoms with E-state index in [1.165, 1.54) is 28.2 Å². The summed E-state index contributed by atoms with van der Waals surface area (Å²) in [6.07, 6.45) is 0. The van der Waals surface area contributed by atoms with Crippen molar-refractivity contribution < 1.29 is 18.0 Å². The van der Waals surface area contributed by atoms with Crippen molar-refractivity contribution in [1.82, 2.24) is 8.94 Å². The standard InChI is InChI=1S/C16H10F3N3O2S/c17-11-4-1-9(2-5-11)8-22-16(24)21-15(25-22)20-14(23)10-3-6-12(18)13(19)7-10/h1-7H,8H2,(H,20,21,23,24). The predicted molar refractivity (Wildman–Crippen MR) is 86.2 cm³/mol. The first-order valence-electron chi connectivity index (χ1n) is 7.01. The Bertz CT molecular complexity index is 983. The van der Waals surface area contributed by atoms with Gasteiger partial charge in [-0.15, -0.1) is 0 Å². The van der Waals surface area contributed by atoms with Gasteiger partial charge in [0.1, 0.15) is 5.82 Å². The summed E-state index contributed by atoms with van der Waals surface area (Å²) in [5, 5.41) is 2.38. The SMILES string of the molecule is O=C(Nc1nc(=O)n(Cc2ccc(F)cc2)s1)c1ccc(F)c(F)c1. The number of anilines is 1. The van der Waals surface area contributed by atoms with Crippen molar-refractivity contribution in [1.29, 1.82) is 0 Å². The highest BCUT2D eigenvalue weighted by Gasteiger charge is 2.13. The first-order chi connectivity index (χ1) is 11.9. The van der Waals surface area contributed by atoms with Crippen LogP contribution in [-0.4, -0.2) is 14.8 Å². The van der Waals surface area contributed by atoms with Crippen LogP contribution in [0.15, 0.2) is 47.3 Å². The molecule has 0 fully saturated rings. The minimum Gasteiger partial charge on any atom is -0.297 e. The number of hydrogen-bond donors (Lipinski definition) is 1. The summed E-state index contributed by atoms with van der Waals surface area (Å²) in [6.45, 7) is 0.165. The van der Waals surface area contributed by atoms with E-state index in [0.29, 0.717) is 5.56 Å². The monoisotopic (exact) mass is 365 g/mol. The molecule has 1 aromatic heterocycles. The molecule has 5 nitrogen and oxygen atoms in total. The molecule has 1 amide bonds. The van der Waals surface area contributed by atoms with Crippen molar-refractivity contribution in [2.45, 2.75) is 6.54 Å². The highest BCUT2D eigenvalue weighted by atomic mass is 32.1. The van der Waals surface area contributed by atoms with Gasteiger partial charge >= 0.3 is 5.69 Å². The van der Waals surface area contributed by atoms with E-state index in [2.05, 4.69) is 10.3 Å². The number of carbonyl (C=O) groups excluding carboxylic acids is 1. The zero-order valence-corrected chi connectivity index (χ0v) is 13.3. The van der Waals surface area contributed by atoms with E-state index in [1.807, 2.05) is 0 Å². The van der Waals surface area contributed by atoms with Gasteiger partial charge in [-0.1, -0.05) is 12.1 Å². The average molecular weight is 365 g/mol. The van der Waals surface area contributed by atoms with Gasteiger partial charge in [-0.05, 0) is 47.4 Å². The first-order valence-corrected chi connectivity index (χ1v) is 7.79. The lowest BCUT2D eigenvalue weighted by Gasteiger charge is -2.02. The Kier molecular flexibility index (Phi) is 4.66. The van der Waals surface area contributed by atoms with Gasteiger partial charge in [0.05, 0.1) is 6.54 Å². The van der Waals surface area contributed by atoms with Crippen molar-refractivity contribution in [3.8, 4) is 0 Å². The minimum absolute atomic E-state index is 0.0156. The Labute approximate surface area is 143 Å². The number of halogens is 3. The molecule has 0 aliphatic rings. The number of carbonyl (C=O) groups is 1. The van der Waals surface area contributed by atoms with Crippen LogP contribution >= 0.6 is 11.5 Å². The molecule has 1 N–H and O–H groups in total. The van der Waals surface area contributed by atoms with Crippen LogP contribution in [0.3, 0.4) is 0 Å². The van der Waals surface area contributed by atoms with Crippen LogP contribution in [0, 0.1) is 17.5 Å². The average Bonchev–Trinajstić information content (AvgIpc) is 2.91. The lowest BCUT2D eigenvalue weighted by atomic mass is 10.2. The van der Waals surface area contributed by atoms with E-state index in [9.17, 15) is 22.8 Å². The van der Waals surface area contributed by atoms with Crippen molar-refractivity contribution in [3.05, 3.63) is 81.5 Å². The van der Waals surface area contributed by atoms with Crippen molar-refractivity contribution in [2.24, 2.45) is 0 Å². The third kappa shape index (κ3) is 3.94. The maximum atomic E-state index is 13.2. The van der Waals surface area contributed by atoms with Gasteiger partial charge in [-0.3, -0.25) is 10.1 Å². The maximum Gasteiger partial charge on any atom is 0.360 e. The van der Waals surface area contributed by atoms with Crippen LogP contribution in [0.4, 0.5) is 18.3 Å². The molecule has 0 bridgehead atoms. The molecule has 3 rings (SSSR count). The molecule has 9 heteroatoms. The second-order valence-corrected chi connectivity index (χ2v) is 6.05. The normalized spacial score (nSPS) is 10.7. The van der Waals surface area contributed by atoms with Crippen molar-refractivity contribution in [2.75, 3.05) is 5.32 Å². The number of nitrogens with one attached hydrogen (secondary N) is 1. The summed E-state index contributed by atoms with van der Waals surface area (Å²) in [4.78, 5) is 27.5. The molecular formula is C16H10F3N3O2S. The van der Waals surface area contributed by atoms with Crippen LogP contribution < -0.4 is 11.0 Å². The van der Waals surface area contributed by atoms with E-state index >= 15 is 0 Å². The fraction of sp³-hybridized carbons (Fsp3) is 0.0625.